The van der Waals surface area contributed by atoms with Crippen LogP contribution < -0.4 is 15.8 Å². The zero-order valence-corrected chi connectivity index (χ0v) is 15.8. The van der Waals surface area contributed by atoms with Crippen LogP contribution >= 0.6 is 0 Å². The number of benzene rings is 2. The molecule has 2 aromatic carbocycles. The summed E-state index contributed by atoms with van der Waals surface area (Å²) in [6.45, 7) is 0.422. The van der Waals surface area contributed by atoms with Gasteiger partial charge in [-0.15, -0.1) is 0 Å². The van der Waals surface area contributed by atoms with Crippen molar-refractivity contribution in [2.75, 3.05) is 11.9 Å². The Balaban J connectivity index is 1.69. The number of amides is 3. The highest BCUT2D eigenvalue weighted by Crippen LogP contribution is 2.24. The van der Waals surface area contributed by atoms with Crippen LogP contribution in [0.2, 0.25) is 0 Å². The lowest BCUT2D eigenvalue weighted by Gasteiger charge is -2.23. The summed E-state index contributed by atoms with van der Waals surface area (Å²) in [6.07, 6.45) is 0.558. The SMILES string of the molecule is NC(=O)CCOc1ccccc1NC(=O)C1=NN(Cc2ccccc2)C(=O)CC1. The fourth-order valence-electron chi connectivity index (χ4n) is 2.80. The van der Waals surface area contributed by atoms with Gasteiger partial charge in [-0.25, -0.2) is 5.01 Å². The zero-order chi connectivity index (χ0) is 20.6. The van der Waals surface area contributed by atoms with Gasteiger partial charge in [0.15, 0.2) is 0 Å². The Morgan fingerprint density at radius 3 is 2.55 bits per heavy atom. The van der Waals surface area contributed by atoms with Crippen molar-refractivity contribution < 1.29 is 19.1 Å². The number of primary amides is 1. The van der Waals surface area contributed by atoms with E-state index in [1.54, 1.807) is 24.3 Å². The second kappa shape index (κ2) is 9.50. The third-order valence-corrected chi connectivity index (χ3v) is 4.28. The van der Waals surface area contributed by atoms with Crippen LogP contribution in [0, 0.1) is 0 Å². The Labute approximate surface area is 168 Å². The first-order valence-corrected chi connectivity index (χ1v) is 9.26. The van der Waals surface area contributed by atoms with E-state index < -0.39 is 11.8 Å². The highest BCUT2D eigenvalue weighted by atomic mass is 16.5. The van der Waals surface area contributed by atoms with Crippen molar-refractivity contribution in [2.45, 2.75) is 25.8 Å². The number of hydrogen-bond donors (Lipinski definition) is 2. The molecule has 2 aromatic rings. The molecule has 150 valence electrons. The third-order valence-electron chi connectivity index (χ3n) is 4.28. The fraction of sp³-hybridized carbons (Fsp3) is 0.238. The summed E-state index contributed by atoms with van der Waals surface area (Å²) >= 11 is 0. The lowest BCUT2D eigenvalue weighted by Crippen LogP contribution is -2.36. The summed E-state index contributed by atoms with van der Waals surface area (Å²) in [6, 6.07) is 16.4. The number of para-hydroxylation sites is 2. The molecule has 0 saturated heterocycles. The molecule has 3 N–H and O–H groups in total. The Bertz CT molecular complexity index is 927. The van der Waals surface area contributed by atoms with Gasteiger partial charge in [0, 0.05) is 12.8 Å². The lowest BCUT2D eigenvalue weighted by molar-refractivity contribution is -0.132. The molecule has 1 aliphatic heterocycles. The van der Waals surface area contributed by atoms with Gasteiger partial charge < -0.3 is 15.8 Å². The van der Waals surface area contributed by atoms with E-state index in [1.807, 2.05) is 30.3 Å². The van der Waals surface area contributed by atoms with Gasteiger partial charge in [0.1, 0.15) is 11.5 Å². The van der Waals surface area contributed by atoms with E-state index in [2.05, 4.69) is 10.4 Å². The van der Waals surface area contributed by atoms with Crippen LogP contribution in [0.15, 0.2) is 59.7 Å². The molecule has 1 heterocycles. The molecule has 3 amide bonds. The van der Waals surface area contributed by atoms with Crippen LogP contribution in [0.5, 0.6) is 5.75 Å². The number of nitrogens with one attached hydrogen (secondary N) is 1. The van der Waals surface area contributed by atoms with E-state index in [4.69, 9.17) is 10.5 Å². The number of nitrogens with two attached hydrogens (primary N) is 1. The first-order chi connectivity index (χ1) is 14.0. The second-order valence-corrected chi connectivity index (χ2v) is 6.50. The molecule has 0 spiro atoms. The average Bonchev–Trinajstić information content (AvgIpc) is 2.71. The standard InChI is InChI=1S/C21H22N4O4/c22-19(26)12-13-29-18-9-5-4-8-16(18)23-21(28)17-10-11-20(27)25(24-17)14-15-6-2-1-3-7-15/h1-9H,10-14H2,(H2,22,26)(H,23,28). The average molecular weight is 394 g/mol. The molecule has 0 unspecified atom stereocenters. The molecule has 8 nitrogen and oxygen atoms in total. The third kappa shape index (κ3) is 5.65. The molecule has 0 atom stereocenters. The van der Waals surface area contributed by atoms with Gasteiger partial charge in [0.05, 0.1) is 25.3 Å². The maximum Gasteiger partial charge on any atom is 0.271 e. The Kier molecular flexibility index (Phi) is 6.57. The topological polar surface area (TPSA) is 114 Å². The first kappa shape index (κ1) is 20.1. The van der Waals surface area contributed by atoms with Crippen molar-refractivity contribution in [1.82, 2.24) is 5.01 Å². The minimum absolute atomic E-state index is 0.0749. The van der Waals surface area contributed by atoms with Gasteiger partial charge in [-0.3, -0.25) is 14.4 Å². The van der Waals surface area contributed by atoms with Gasteiger partial charge >= 0.3 is 0 Å². The highest BCUT2D eigenvalue weighted by Gasteiger charge is 2.25. The minimum Gasteiger partial charge on any atom is -0.491 e. The van der Waals surface area contributed by atoms with E-state index in [1.165, 1.54) is 5.01 Å². The summed E-state index contributed by atoms with van der Waals surface area (Å²) in [5.74, 6) is -0.566. The van der Waals surface area contributed by atoms with Crippen molar-refractivity contribution in [1.29, 1.82) is 0 Å². The van der Waals surface area contributed by atoms with Crippen LogP contribution in [0.4, 0.5) is 5.69 Å². The Morgan fingerprint density at radius 1 is 1.07 bits per heavy atom. The predicted octanol–water partition coefficient (Wildman–Crippen LogP) is 2.06. The van der Waals surface area contributed by atoms with Crippen LogP contribution in [0.3, 0.4) is 0 Å². The number of hydrazone groups is 1. The largest absolute Gasteiger partial charge is 0.491 e. The minimum atomic E-state index is -0.466. The summed E-state index contributed by atoms with van der Waals surface area (Å²) in [4.78, 5) is 35.8. The van der Waals surface area contributed by atoms with Gasteiger partial charge in [-0.1, -0.05) is 42.5 Å². The Morgan fingerprint density at radius 2 is 1.79 bits per heavy atom. The number of nitrogens with zero attached hydrogens (tertiary/aromatic N) is 2. The number of ether oxygens (including phenoxy) is 1. The quantitative estimate of drug-likeness (QED) is 0.713. The zero-order valence-electron chi connectivity index (χ0n) is 15.8. The van der Waals surface area contributed by atoms with E-state index in [-0.39, 0.29) is 37.5 Å². The van der Waals surface area contributed by atoms with Crippen LogP contribution in [-0.2, 0) is 20.9 Å². The van der Waals surface area contributed by atoms with E-state index in [0.29, 0.717) is 18.0 Å². The molecule has 8 heteroatoms. The van der Waals surface area contributed by atoms with E-state index in [9.17, 15) is 14.4 Å². The van der Waals surface area contributed by atoms with Gasteiger partial charge in [-0.05, 0) is 17.7 Å². The monoisotopic (exact) mass is 394 g/mol. The predicted molar refractivity (Wildman–Crippen MR) is 108 cm³/mol. The van der Waals surface area contributed by atoms with Crippen molar-refractivity contribution in [3.63, 3.8) is 0 Å². The number of carbonyl (C=O) groups excluding carboxylic acids is 3. The van der Waals surface area contributed by atoms with Gasteiger partial charge in [0.25, 0.3) is 5.91 Å². The van der Waals surface area contributed by atoms with Crippen molar-refractivity contribution >= 4 is 29.1 Å². The molecule has 0 aliphatic carbocycles. The van der Waals surface area contributed by atoms with Crippen LogP contribution in [-0.4, -0.2) is 35.0 Å². The lowest BCUT2D eigenvalue weighted by atomic mass is 10.1. The number of rotatable bonds is 8. The molecule has 3 rings (SSSR count). The van der Waals surface area contributed by atoms with Crippen molar-refractivity contribution in [3.05, 3.63) is 60.2 Å². The summed E-state index contributed by atoms with van der Waals surface area (Å²) in [5.41, 5.74) is 6.77. The fourth-order valence-corrected chi connectivity index (χ4v) is 2.80. The molecule has 0 bridgehead atoms. The normalized spacial score (nSPS) is 13.6. The van der Waals surface area contributed by atoms with Crippen LogP contribution in [0.1, 0.15) is 24.8 Å². The molecule has 1 aliphatic rings. The summed E-state index contributed by atoms with van der Waals surface area (Å²) < 4.78 is 5.53. The first-order valence-electron chi connectivity index (χ1n) is 9.26. The molecule has 0 saturated carbocycles. The maximum absolute atomic E-state index is 12.7. The number of anilines is 1. The molecular formula is C21H22N4O4. The Hall–Kier alpha value is -3.68. The molecule has 0 radical (unpaired) electrons. The molecule has 29 heavy (non-hydrogen) atoms. The molecule has 0 fully saturated rings. The number of carbonyl (C=O) groups is 3. The smallest absolute Gasteiger partial charge is 0.271 e. The summed E-state index contributed by atoms with van der Waals surface area (Å²) in [7, 11) is 0. The van der Waals surface area contributed by atoms with E-state index >= 15 is 0 Å². The molecule has 0 aromatic heterocycles. The van der Waals surface area contributed by atoms with Crippen LogP contribution in [0.25, 0.3) is 0 Å². The van der Waals surface area contributed by atoms with Gasteiger partial charge in [0.2, 0.25) is 11.8 Å². The van der Waals surface area contributed by atoms with Gasteiger partial charge in [-0.2, -0.15) is 5.10 Å². The maximum atomic E-state index is 12.7. The summed E-state index contributed by atoms with van der Waals surface area (Å²) in [5, 5.41) is 8.35. The van der Waals surface area contributed by atoms with Crippen molar-refractivity contribution in [2.24, 2.45) is 10.8 Å². The van der Waals surface area contributed by atoms with E-state index in [0.717, 1.165) is 5.56 Å². The highest BCUT2D eigenvalue weighted by molar-refractivity contribution is 6.43. The second-order valence-electron chi connectivity index (χ2n) is 6.50. The molecular weight excluding hydrogens is 372 g/mol. The van der Waals surface area contributed by atoms with Crippen molar-refractivity contribution in [3.8, 4) is 5.75 Å². The number of hydrogen-bond acceptors (Lipinski definition) is 5.